The highest BCUT2D eigenvalue weighted by Crippen LogP contribution is 2.08. The van der Waals surface area contributed by atoms with E-state index in [0.29, 0.717) is 12.4 Å². The molecule has 7 nitrogen and oxygen atoms in total. The van der Waals surface area contributed by atoms with Crippen molar-refractivity contribution < 1.29 is 13.9 Å². The minimum atomic E-state index is 0.272. The summed E-state index contributed by atoms with van der Waals surface area (Å²) in [5.41, 5.74) is 0.924. The molecule has 1 saturated heterocycles. The lowest BCUT2D eigenvalue weighted by Crippen LogP contribution is -2.37. The van der Waals surface area contributed by atoms with E-state index in [1.54, 1.807) is 7.05 Å². The Labute approximate surface area is 131 Å². The smallest absolute Gasteiger partial charge is 0.214 e. The molecule has 7 heteroatoms. The number of oxazole rings is 1. The van der Waals surface area contributed by atoms with Gasteiger partial charge in [0.05, 0.1) is 24.9 Å². The van der Waals surface area contributed by atoms with E-state index >= 15 is 0 Å². The Morgan fingerprint density at radius 3 is 2.91 bits per heavy atom. The number of rotatable bonds is 7. The van der Waals surface area contributed by atoms with Gasteiger partial charge in [-0.3, -0.25) is 4.99 Å². The van der Waals surface area contributed by atoms with Crippen molar-refractivity contribution >= 4 is 5.96 Å². The van der Waals surface area contributed by atoms with Crippen molar-refractivity contribution in [2.45, 2.75) is 39.3 Å². The number of guanidine groups is 1. The third-order valence-electron chi connectivity index (χ3n) is 3.56. The quantitative estimate of drug-likeness (QED) is 0.447. The largest absolute Gasteiger partial charge is 0.444 e. The van der Waals surface area contributed by atoms with Gasteiger partial charge in [-0.25, -0.2) is 4.98 Å². The van der Waals surface area contributed by atoms with E-state index in [1.807, 2.05) is 13.8 Å². The van der Waals surface area contributed by atoms with Gasteiger partial charge in [-0.15, -0.1) is 0 Å². The van der Waals surface area contributed by atoms with Gasteiger partial charge in [-0.1, -0.05) is 0 Å². The molecule has 124 valence electrons. The topological polar surface area (TPSA) is 80.9 Å². The maximum absolute atomic E-state index is 5.71. The molecular formula is C15H26N4O3. The Bertz CT molecular complexity index is 462. The molecule has 1 aromatic heterocycles. The second kappa shape index (κ2) is 8.75. The van der Waals surface area contributed by atoms with Crippen molar-refractivity contribution in [3.05, 3.63) is 17.3 Å². The monoisotopic (exact) mass is 310 g/mol. The number of nitrogens with one attached hydrogen (secondary N) is 2. The van der Waals surface area contributed by atoms with Crippen LogP contribution in [-0.4, -0.2) is 50.5 Å². The molecule has 1 fully saturated rings. The van der Waals surface area contributed by atoms with Gasteiger partial charge in [0.1, 0.15) is 5.76 Å². The third-order valence-corrected chi connectivity index (χ3v) is 3.56. The molecule has 1 aromatic rings. The van der Waals surface area contributed by atoms with Crippen molar-refractivity contribution in [3.63, 3.8) is 0 Å². The maximum Gasteiger partial charge on any atom is 0.214 e. The lowest BCUT2D eigenvalue weighted by atomic mass is 10.3. The molecule has 0 aliphatic carbocycles. The summed E-state index contributed by atoms with van der Waals surface area (Å²) in [4.78, 5) is 8.50. The first-order valence-corrected chi connectivity index (χ1v) is 7.76. The number of aliphatic imine (C=N–C) groups is 1. The SMILES string of the molecule is CN=C(NCCCOC1CCOC1)NCc1nc(C)c(C)o1. The molecule has 22 heavy (non-hydrogen) atoms. The van der Waals surface area contributed by atoms with Gasteiger partial charge in [-0.2, -0.15) is 0 Å². The third kappa shape index (κ3) is 5.31. The van der Waals surface area contributed by atoms with Crippen LogP contribution in [0.4, 0.5) is 0 Å². The van der Waals surface area contributed by atoms with Crippen LogP contribution < -0.4 is 10.6 Å². The fourth-order valence-corrected chi connectivity index (χ4v) is 2.17. The lowest BCUT2D eigenvalue weighted by Gasteiger charge is -2.12. The van der Waals surface area contributed by atoms with E-state index < -0.39 is 0 Å². The van der Waals surface area contributed by atoms with Crippen LogP contribution in [0.1, 0.15) is 30.2 Å². The number of hydrogen-bond acceptors (Lipinski definition) is 5. The lowest BCUT2D eigenvalue weighted by molar-refractivity contribution is 0.0420. The van der Waals surface area contributed by atoms with Crippen LogP contribution in [0.5, 0.6) is 0 Å². The summed E-state index contributed by atoms with van der Waals surface area (Å²) in [6.07, 6.45) is 2.20. The predicted molar refractivity (Wildman–Crippen MR) is 84.0 cm³/mol. The standard InChI is InChI=1S/C15H26N4O3/c1-11-12(2)22-14(19-11)9-18-15(16-3)17-6-4-7-21-13-5-8-20-10-13/h13H,4-10H2,1-3H3,(H2,16,17,18). The summed E-state index contributed by atoms with van der Waals surface area (Å²) in [5, 5.41) is 6.42. The molecule has 1 unspecified atom stereocenters. The zero-order valence-electron chi connectivity index (χ0n) is 13.6. The molecule has 2 N–H and O–H groups in total. The van der Waals surface area contributed by atoms with Crippen LogP contribution >= 0.6 is 0 Å². The first kappa shape index (κ1) is 16.8. The van der Waals surface area contributed by atoms with Crippen molar-refractivity contribution in [1.82, 2.24) is 15.6 Å². The fourth-order valence-electron chi connectivity index (χ4n) is 2.17. The first-order valence-electron chi connectivity index (χ1n) is 7.76. The summed E-state index contributed by atoms with van der Waals surface area (Å²) in [6.45, 7) is 7.45. The summed E-state index contributed by atoms with van der Waals surface area (Å²) < 4.78 is 16.5. The molecule has 2 heterocycles. The number of hydrogen-bond donors (Lipinski definition) is 2. The van der Waals surface area contributed by atoms with E-state index in [-0.39, 0.29) is 6.10 Å². The zero-order chi connectivity index (χ0) is 15.8. The molecule has 0 spiro atoms. The van der Waals surface area contributed by atoms with E-state index in [1.165, 1.54) is 0 Å². The van der Waals surface area contributed by atoms with Crippen LogP contribution in [0.3, 0.4) is 0 Å². The average molecular weight is 310 g/mol. The van der Waals surface area contributed by atoms with Crippen molar-refractivity contribution in [2.75, 3.05) is 33.4 Å². The van der Waals surface area contributed by atoms with Gasteiger partial charge in [0.2, 0.25) is 5.89 Å². The van der Waals surface area contributed by atoms with Crippen LogP contribution in [0, 0.1) is 13.8 Å². The molecular weight excluding hydrogens is 284 g/mol. The highest BCUT2D eigenvalue weighted by molar-refractivity contribution is 5.79. The van der Waals surface area contributed by atoms with Crippen molar-refractivity contribution in [1.29, 1.82) is 0 Å². The van der Waals surface area contributed by atoms with E-state index in [2.05, 4.69) is 20.6 Å². The summed E-state index contributed by atoms with van der Waals surface area (Å²) in [6, 6.07) is 0. The molecule has 0 aromatic carbocycles. The molecule has 1 aliphatic rings. The summed E-state index contributed by atoms with van der Waals surface area (Å²) in [7, 11) is 1.74. The minimum absolute atomic E-state index is 0.272. The number of aryl methyl sites for hydroxylation is 2. The molecule has 1 aliphatic heterocycles. The highest BCUT2D eigenvalue weighted by Gasteiger charge is 2.15. The highest BCUT2D eigenvalue weighted by atomic mass is 16.5. The Balaban J connectivity index is 1.58. The van der Waals surface area contributed by atoms with Gasteiger partial charge in [0.15, 0.2) is 5.96 Å². The maximum atomic E-state index is 5.71. The number of ether oxygens (including phenoxy) is 2. The first-order chi connectivity index (χ1) is 10.7. The van der Waals surface area contributed by atoms with Gasteiger partial charge >= 0.3 is 0 Å². The van der Waals surface area contributed by atoms with Gasteiger partial charge in [0, 0.05) is 26.8 Å². The molecule has 0 amide bonds. The number of nitrogens with zero attached hydrogens (tertiary/aromatic N) is 2. The summed E-state index contributed by atoms with van der Waals surface area (Å²) in [5.74, 6) is 2.26. The number of aromatic nitrogens is 1. The normalized spacial score (nSPS) is 18.7. The van der Waals surface area contributed by atoms with Crippen molar-refractivity contribution in [3.8, 4) is 0 Å². The van der Waals surface area contributed by atoms with Crippen molar-refractivity contribution in [2.24, 2.45) is 4.99 Å². The molecule has 1 atom stereocenters. The summed E-state index contributed by atoms with van der Waals surface area (Å²) >= 11 is 0. The van der Waals surface area contributed by atoms with Crippen LogP contribution in [-0.2, 0) is 16.0 Å². The Morgan fingerprint density at radius 1 is 1.41 bits per heavy atom. The van der Waals surface area contributed by atoms with Crippen LogP contribution in [0.25, 0.3) is 0 Å². The second-order valence-corrected chi connectivity index (χ2v) is 5.31. The second-order valence-electron chi connectivity index (χ2n) is 5.31. The molecule has 0 radical (unpaired) electrons. The zero-order valence-corrected chi connectivity index (χ0v) is 13.6. The van der Waals surface area contributed by atoms with E-state index in [9.17, 15) is 0 Å². The fraction of sp³-hybridized carbons (Fsp3) is 0.733. The Hall–Kier alpha value is -1.60. The van der Waals surface area contributed by atoms with Crippen LogP contribution in [0.15, 0.2) is 9.41 Å². The average Bonchev–Trinajstić information content (AvgIpc) is 3.12. The van der Waals surface area contributed by atoms with Gasteiger partial charge in [-0.05, 0) is 26.7 Å². The predicted octanol–water partition coefficient (Wildman–Crippen LogP) is 1.15. The Kier molecular flexibility index (Phi) is 6.67. The Morgan fingerprint density at radius 2 is 2.27 bits per heavy atom. The van der Waals surface area contributed by atoms with E-state index in [0.717, 1.165) is 56.6 Å². The molecule has 0 saturated carbocycles. The molecule has 2 rings (SSSR count). The van der Waals surface area contributed by atoms with Crippen LogP contribution in [0.2, 0.25) is 0 Å². The molecule has 0 bridgehead atoms. The van der Waals surface area contributed by atoms with Gasteiger partial charge in [0.25, 0.3) is 0 Å². The minimum Gasteiger partial charge on any atom is -0.444 e. The van der Waals surface area contributed by atoms with E-state index in [4.69, 9.17) is 13.9 Å². The van der Waals surface area contributed by atoms with Gasteiger partial charge < -0.3 is 24.5 Å².